The number of para-hydroxylation sites is 1. The minimum absolute atomic E-state index is 0.109. The molecule has 1 saturated heterocycles. The van der Waals surface area contributed by atoms with E-state index in [1.807, 2.05) is 58.9 Å². The van der Waals surface area contributed by atoms with E-state index >= 15 is 0 Å². The van der Waals surface area contributed by atoms with Crippen molar-refractivity contribution >= 4 is 22.7 Å². The number of anilines is 2. The first-order valence-electron chi connectivity index (χ1n) is 11.7. The van der Waals surface area contributed by atoms with Crippen LogP contribution in [0, 0.1) is 5.41 Å². The summed E-state index contributed by atoms with van der Waals surface area (Å²) in [6.45, 7) is 9.08. The van der Waals surface area contributed by atoms with Gasteiger partial charge >= 0.3 is 5.56 Å². The summed E-state index contributed by atoms with van der Waals surface area (Å²) < 4.78 is 22.4. The molecular formula is C26H33N5O3S. The van der Waals surface area contributed by atoms with Gasteiger partial charge in [0.1, 0.15) is 5.69 Å². The molecule has 2 N–H and O–H groups in total. The Kier molecular flexibility index (Phi) is 7.69. The van der Waals surface area contributed by atoms with Crippen LogP contribution >= 0.6 is 0 Å². The van der Waals surface area contributed by atoms with Crippen molar-refractivity contribution in [2.75, 3.05) is 43.4 Å². The van der Waals surface area contributed by atoms with Crippen LogP contribution in [0.25, 0.3) is 5.69 Å². The molecule has 1 atom stereocenters. The monoisotopic (exact) mass is 495 g/mol. The number of hydrogen-bond acceptors (Lipinski definition) is 7. The summed E-state index contributed by atoms with van der Waals surface area (Å²) in [6, 6.07) is 16.8. The number of ether oxygens (including phenoxy) is 1. The highest BCUT2D eigenvalue weighted by Gasteiger charge is 2.29. The topological polar surface area (TPSA) is 99.7 Å². The minimum Gasteiger partial charge on any atom is -0.598 e. The molecule has 1 fully saturated rings. The Balaban J connectivity index is 1.51. The van der Waals surface area contributed by atoms with E-state index < -0.39 is 11.4 Å². The number of nitrogens with two attached hydrogens (primary N) is 1. The average molecular weight is 496 g/mol. The van der Waals surface area contributed by atoms with Crippen LogP contribution in [0.5, 0.6) is 5.75 Å². The zero-order valence-electron chi connectivity index (χ0n) is 20.5. The molecule has 0 saturated carbocycles. The van der Waals surface area contributed by atoms with Gasteiger partial charge in [-0.25, -0.2) is 0 Å². The third-order valence-corrected chi connectivity index (χ3v) is 7.22. The van der Waals surface area contributed by atoms with Crippen LogP contribution in [0.2, 0.25) is 0 Å². The van der Waals surface area contributed by atoms with Crippen molar-refractivity contribution in [1.82, 2.24) is 14.1 Å². The summed E-state index contributed by atoms with van der Waals surface area (Å²) >= 11 is -1.14. The number of piperazine rings is 1. The fourth-order valence-corrected chi connectivity index (χ4v) is 5.04. The van der Waals surface area contributed by atoms with Gasteiger partial charge in [-0.1, -0.05) is 51.1 Å². The van der Waals surface area contributed by atoms with Gasteiger partial charge in [-0.15, -0.1) is 4.31 Å². The van der Waals surface area contributed by atoms with Gasteiger partial charge < -0.3 is 19.9 Å². The third kappa shape index (κ3) is 6.36. The number of benzene rings is 2. The number of rotatable bonds is 7. The predicted molar refractivity (Wildman–Crippen MR) is 141 cm³/mol. The lowest BCUT2D eigenvalue weighted by atomic mass is 9.99. The van der Waals surface area contributed by atoms with E-state index in [1.165, 1.54) is 4.68 Å². The smallest absolute Gasteiger partial charge is 0.316 e. The van der Waals surface area contributed by atoms with Gasteiger partial charge in [0.2, 0.25) is 5.75 Å². The van der Waals surface area contributed by atoms with Crippen LogP contribution in [0.15, 0.2) is 65.6 Å². The van der Waals surface area contributed by atoms with Crippen LogP contribution in [0.4, 0.5) is 11.4 Å². The molecule has 8 nitrogen and oxygen atoms in total. The summed E-state index contributed by atoms with van der Waals surface area (Å²) in [5, 5.41) is 4.44. The molecule has 1 aliphatic heterocycles. The van der Waals surface area contributed by atoms with Gasteiger partial charge in [-0.3, -0.25) is 4.79 Å². The van der Waals surface area contributed by atoms with Crippen LogP contribution in [-0.2, 0) is 17.1 Å². The Hall–Kier alpha value is -3.01. The lowest BCUT2D eigenvalue weighted by Gasteiger charge is -2.36. The summed E-state index contributed by atoms with van der Waals surface area (Å²) in [4.78, 5) is 15.5. The zero-order chi connectivity index (χ0) is 25.0. The standard InChI is InChI=1S/C26H33N5O3S/c1-26(2,3)19-34-24-23(17-28-31(25(24)32)22-7-5-4-6-8-22)29-13-15-30(16-14-29)35(33)18-20-9-11-21(27)12-10-20/h4-12,17H,13-16,18-19,27H2,1-3H3/t35-/m1/s1. The molecule has 0 amide bonds. The van der Waals surface area contributed by atoms with Gasteiger partial charge in [0.05, 0.1) is 31.6 Å². The molecule has 0 unspecified atom stereocenters. The van der Waals surface area contributed by atoms with Gasteiger partial charge in [-0.2, -0.15) is 9.78 Å². The molecule has 2 aromatic carbocycles. The lowest BCUT2D eigenvalue weighted by molar-refractivity contribution is 0.195. The Morgan fingerprint density at radius 3 is 2.31 bits per heavy atom. The average Bonchev–Trinajstić information content (AvgIpc) is 2.84. The van der Waals surface area contributed by atoms with E-state index in [9.17, 15) is 9.35 Å². The fraction of sp³-hybridized carbons (Fsp3) is 0.385. The Morgan fingerprint density at radius 1 is 1.03 bits per heavy atom. The Morgan fingerprint density at radius 2 is 1.69 bits per heavy atom. The molecule has 0 spiro atoms. The predicted octanol–water partition coefficient (Wildman–Crippen LogP) is 3.23. The molecule has 4 rings (SSSR count). The fourth-order valence-electron chi connectivity index (χ4n) is 3.81. The van der Waals surface area contributed by atoms with Crippen LogP contribution < -0.4 is 20.9 Å². The molecule has 9 heteroatoms. The van der Waals surface area contributed by atoms with E-state index in [2.05, 4.69) is 30.8 Å². The van der Waals surface area contributed by atoms with Crippen molar-refractivity contribution in [2.45, 2.75) is 26.5 Å². The first-order chi connectivity index (χ1) is 16.7. The largest absolute Gasteiger partial charge is 0.598 e. The molecule has 0 aliphatic carbocycles. The van der Waals surface area contributed by atoms with Gasteiger partial charge in [0.15, 0.2) is 5.75 Å². The normalized spacial score (nSPS) is 15.7. The van der Waals surface area contributed by atoms with Crippen LogP contribution in [0.1, 0.15) is 26.3 Å². The molecule has 0 radical (unpaired) electrons. The highest BCUT2D eigenvalue weighted by molar-refractivity contribution is 7.88. The maximum Gasteiger partial charge on any atom is 0.316 e. The lowest BCUT2D eigenvalue weighted by Crippen LogP contribution is -2.49. The second-order valence-electron chi connectivity index (χ2n) is 9.88. The highest BCUT2D eigenvalue weighted by atomic mass is 32.2. The molecule has 3 aromatic rings. The van der Waals surface area contributed by atoms with Crippen molar-refractivity contribution < 1.29 is 9.29 Å². The molecule has 186 valence electrons. The molecule has 1 aromatic heterocycles. The molecule has 1 aliphatic rings. The highest BCUT2D eigenvalue weighted by Crippen LogP contribution is 2.28. The van der Waals surface area contributed by atoms with E-state index in [0.717, 1.165) is 5.56 Å². The maximum absolute atomic E-state index is 13.4. The molecule has 35 heavy (non-hydrogen) atoms. The van der Waals surface area contributed by atoms with Crippen molar-refractivity contribution in [3.8, 4) is 11.4 Å². The van der Waals surface area contributed by atoms with E-state index in [-0.39, 0.29) is 11.0 Å². The van der Waals surface area contributed by atoms with E-state index in [4.69, 9.17) is 10.5 Å². The van der Waals surface area contributed by atoms with Gasteiger partial charge in [-0.05, 0) is 29.7 Å². The third-order valence-electron chi connectivity index (χ3n) is 5.70. The molecular weight excluding hydrogens is 462 g/mol. The van der Waals surface area contributed by atoms with Crippen molar-refractivity contribution in [2.24, 2.45) is 5.41 Å². The summed E-state index contributed by atoms with van der Waals surface area (Å²) in [5.74, 6) is 0.754. The minimum atomic E-state index is -1.14. The van der Waals surface area contributed by atoms with Crippen molar-refractivity contribution in [3.05, 3.63) is 76.7 Å². The number of hydrogen-bond donors (Lipinski definition) is 1. The van der Waals surface area contributed by atoms with E-state index in [0.29, 0.717) is 61.4 Å². The van der Waals surface area contributed by atoms with Crippen LogP contribution in [0.3, 0.4) is 0 Å². The molecule has 0 bridgehead atoms. The first kappa shape index (κ1) is 25.1. The van der Waals surface area contributed by atoms with Gasteiger partial charge in [0, 0.05) is 35.7 Å². The summed E-state index contributed by atoms with van der Waals surface area (Å²) in [6.07, 6.45) is 1.70. The summed E-state index contributed by atoms with van der Waals surface area (Å²) in [5.41, 5.74) is 8.41. The van der Waals surface area contributed by atoms with Crippen molar-refractivity contribution in [1.29, 1.82) is 0 Å². The molecule has 2 heterocycles. The zero-order valence-corrected chi connectivity index (χ0v) is 21.3. The maximum atomic E-state index is 13.4. The van der Waals surface area contributed by atoms with Crippen LogP contribution in [-0.4, -0.2) is 51.4 Å². The van der Waals surface area contributed by atoms with Gasteiger partial charge in [0.25, 0.3) is 0 Å². The first-order valence-corrected chi connectivity index (χ1v) is 13.0. The second-order valence-corrected chi connectivity index (χ2v) is 11.3. The Labute approximate surface area is 209 Å². The SMILES string of the molecule is CC(C)(C)COc1c(N2CCN([S@+]([O-])Cc3ccc(N)cc3)CC2)cnn(-c2ccccc2)c1=O. The van der Waals surface area contributed by atoms with E-state index in [1.54, 1.807) is 6.20 Å². The number of aromatic nitrogens is 2. The second kappa shape index (κ2) is 10.7. The van der Waals surface area contributed by atoms with Crippen molar-refractivity contribution in [3.63, 3.8) is 0 Å². The number of nitrogens with zero attached hydrogens (tertiary/aromatic N) is 4. The summed E-state index contributed by atoms with van der Waals surface area (Å²) in [7, 11) is 0. The number of nitrogen functional groups attached to an aromatic ring is 1. The Bertz CT molecular complexity index is 1170. The quantitative estimate of drug-likeness (QED) is 0.397.